The van der Waals surface area contributed by atoms with Crippen LogP contribution in [0.1, 0.15) is 31.4 Å². The lowest BCUT2D eigenvalue weighted by molar-refractivity contribution is 0.345. The number of nitrogens with two attached hydrogens (primary N) is 2. The summed E-state index contributed by atoms with van der Waals surface area (Å²) in [6.45, 7) is 4.09. The van der Waals surface area contributed by atoms with Gasteiger partial charge >= 0.3 is 0 Å². The predicted octanol–water partition coefficient (Wildman–Crippen LogP) is -0.188. The van der Waals surface area contributed by atoms with E-state index >= 15 is 0 Å². The number of hydrogen-bond donors (Lipinski definition) is 4. The number of nitrogen functional groups attached to an aromatic ring is 1. The fourth-order valence-electron chi connectivity index (χ4n) is 3.09. The Kier molecular flexibility index (Phi) is 3.97. The first-order valence-electron chi connectivity index (χ1n) is 7.62. The summed E-state index contributed by atoms with van der Waals surface area (Å²) in [4.78, 5) is 10.9. The Hall–Kier alpha value is -1.44. The van der Waals surface area contributed by atoms with Crippen molar-refractivity contribution in [3.8, 4) is 0 Å². The largest absolute Gasteiger partial charge is 0.368 e. The van der Waals surface area contributed by atoms with Crippen molar-refractivity contribution in [1.29, 1.82) is 0 Å². The molecule has 0 bridgehead atoms. The summed E-state index contributed by atoms with van der Waals surface area (Å²) in [5, 5.41) is 0. The molecule has 1 aromatic heterocycles. The number of nitrogens with zero attached hydrogens (tertiary/aromatic N) is 3. The Morgan fingerprint density at radius 1 is 1.38 bits per heavy atom. The van der Waals surface area contributed by atoms with Crippen molar-refractivity contribution in [2.24, 2.45) is 11.7 Å². The molecule has 1 aromatic rings. The summed E-state index contributed by atoms with van der Waals surface area (Å²) in [6.07, 6.45) is 1.99. The summed E-state index contributed by atoms with van der Waals surface area (Å²) < 4.78 is 0. The normalized spacial score (nSPS) is 32.0. The molecule has 1 aliphatic carbocycles. The van der Waals surface area contributed by atoms with Gasteiger partial charge in [-0.1, -0.05) is 0 Å². The van der Waals surface area contributed by atoms with Gasteiger partial charge in [0.2, 0.25) is 5.95 Å². The fourth-order valence-corrected chi connectivity index (χ4v) is 3.09. The van der Waals surface area contributed by atoms with Gasteiger partial charge in [0.15, 0.2) is 0 Å². The Bertz CT molecular complexity index is 500. The molecular weight excluding hydrogens is 266 g/mol. The van der Waals surface area contributed by atoms with Gasteiger partial charge in [0, 0.05) is 50.1 Å². The van der Waals surface area contributed by atoms with Crippen LogP contribution in [0.5, 0.6) is 0 Å². The summed E-state index contributed by atoms with van der Waals surface area (Å²) in [7, 11) is 2.06. The van der Waals surface area contributed by atoms with Crippen LogP contribution in [0.25, 0.3) is 0 Å². The van der Waals surface area contributed by atoms with E-state index in [9.17, 15) is 0 Å². The summed E-state index contributed by atoms with van der Waals surface area (Å²) in [5.74, 6) is 2.24. The molecule has 1 saturated heterocycles. The molecular formula is C14H25N7. The first-order valence-corrected chi connectivity index (χ1v) is 7.62. The molecule has 0 aromatic carbocycles. The Balaban J connectivity index is 1.71. The van der Waals surface area contributed by atoms with Gasteiger partial charge in [-0.3, -0.25) is 10.9 Å². The highest BCUT2D eigenvalue weighted by Crippen LogP contribution is 2.35. The minimum atomic E-state index is 0.309. The second kappa shape index (κ2) is 5.75. The molecule has 2 heterocycles. The molecule has 116 valence electrons. The van der Waals surface area contributed by atoms with E-state index < -0.39 is 0 Å². The first-order chi connectivity index (χ1) is 10.0. The molecule has 21 heavy (non-hydrogen) atoms. The third-order valence-corrected chi connectivity index (χ3v) is 4.64. The van der Waals surface area contributed by atoms with Crippen LogP contribution in [0.4, 0.5) is 11.8 Å². The molecule has 1 aliphatic heterocycles. The molecule has 2 unspecified atom stereocenters. The highest BCUT2D eigenvalue weighted by atomic mass is 15.4. The fraction of sp³-hybridized carbons (Fsp3) is 0.714. The van der Waals surface area contributed by atoms with E-state index in [1.807, 2.05) is 0 Å². The maximum atomic E-state index is 5.88. The summed E-state index contributed by atoms with van der Waals surface area (Å²) in [6, 6.07) is 2.83. The van der Waals surface area contributed by atoms with E-state index in [1.165, 1.54) is 0 Å². The van der Waals surface area contributed by atoms with Crippen molar-refractivity contribution in [3.05, 3.63) is 11.8 Å². The lowest BCUT2D eigenvalue weighted by Crippen LogP contribution is -2.36. The third-order valence-electron chi connectivity index (χ3n) is 4.64. The second-order valence-corrected chi connectivity index (χ2v) is 6.39. The van der Waals surface area contributed by atoms with Crippen LogP contribution in [-0.4, -0.2) is 42.2 Å². The van der Waals surface area contributed by atoms with Crippen LogP contribution >= 0.6 is 0 Å². The van der Waals surface area contributed by atoms with Crippen molar-refractivity contribution in [2.45, 2.75) is 37.8 Å². The number of nitrogens with one attached hydrogen (secondary N) is 2. The second-order valence-electron chi connectivity index (χ2n) is 6.39. The SMILES string of the molecule is CC1NNCC1CN(C)c1cc(C2CC(N)C2)nc(N)n1. The van der Waals surface area contributed by atoms with E-state index in [0.29, 0.717) is 29.9 Å². The van der Waals surface area contributed by atoms with E-state index in [-0.39, 0.29) is 0 Å². The van der Waals surface area contributed by atoms with Gasteiger partial charge in [-0.25, -0.2) is 4.98 Å². The Morgan fingerprint density at radius 3 is 2.76 bits per heavy atom. The van der Waals surface area contributed by atoms with Gasteiger partial charge < -0.3 is 16.4 Å². The van der Waals surface area contributed by atoms with Gasteiger partial charge in [0.05, 0.1) is 5.69 Å². The van der Waals surface area contributed by atoms with Crippen molar-refractivity contribution in [3.63, 3.8) is 0 Å². The number of aromatic nitrogens is 2. The summed E-state index contributed by atoms with van der Waals surface area (Å²) >= 11 is 0. The molecule has 0 amide bonds. The molecule has 3 rings (SSSR count). The molecule has 0 radical (unpaired) electrons. The van der Waals surface area contributed by atoms with E-state index in [0.717, 1.165) is 37.4 Å². The highest BCUT2D eigenvalue weighted by Gasteiger charge is 2.30. The zero-order valence-corrected chi connectivity index (χ0v) is 12.7. The monoisotopic (exact) mass is 291 g/mol. The van der Waals surface area contributed by atoms with E-state index in [1.54, 1.807) is 0 Å². The standard InChI is InChI=1S/C14H25N7/c1-8-10(6-17-20-8)7-21(2)13-5-12(18-14(16)19-13)9-3-11(15)4-9/h5,8-11,17,20H,3-4,6-7,15H2,1-2H3,(H2,16,18,19). The zero-order valence-electron chi connectivity index (χ0n) is 12.7. The quantitative estimate of drug-likeness (QED) is 0.609. The molecule has 2 fully saturated rings. The van der Waals surface area contributed by atoms with Crippen LogP contribution < -0.4 is 27.2 Å². The molecule has 1 saturated carbocycles. The molecule has 2 aliphatic rings. The zero-order chi connectivity index (χ0) is 15.0. The topological polar surface area (TPSA) is 105 Å². The van der Waals surface area contributed by atoms with Crippen LogP contribution in [0.2, 0.25) is 0 Å². The summed E-state index contributed by atoms with van der Waals surface area (Å²) in [5.41, 5.74) is 19.2. The maximum Gasteiger partial charge on any atom is 0.222 e. The molecule has 7 nitrogen and oxygen atoms in total. The lowest BCUT2D eigenvalue weighted by Gasteiger charge is -2.32. The molecule has 6 N–H and O–H groups in total. The van der Waals surface area contributed by atoms with Crippen molar-refractivity contribution in [2.75, 3.05) is 30.8 Å². The Morgan fingerprint density at radius 2 is 2.14 bits per heavy atom. The average Bonchev–Trinajstić information content (AvgIpc) is 2.80. The number of hydrogen-bond acceptors (Lipinski definition) is 7. The molecule has 2 atom stereocenters. The average molecular weight is 291 g/mol. The van der Waals surface area contributed by atoms with Crippen LogP contribution in [0.3, 0.4) is 0 Å². The van der Waals surface area contributed by atoms with Gasteiger partial charge in [0.25, 0.3) is 0 Å². The van der Waals surface area contributed by atoms with E-state index in [4.69, 9.17) is 11.5 Å². The van der Waals surface area contributed by atoms with E-state index in [2.05, 4.69) is 45.8 Å². The minimum Gasteiger partial charge on any atom is -0.368 e. The van der Waals surface area contributed by atoms with Crippen molar-refractivity contribution < 1.29 is 0 Å². The van der Waals surface area contributed by atoms with Crippen molar-refractivity contribution in [1.82, 2.24) is 20.8 Å². The third kappa shape index (κ3) is 3.09. The smallest absolute Gasteiger partial charge is 0.222 e. The molecule has 7 heteroatoms. The van der Waals surface area contributed by atoms with Crippen LogP contribution in [0, 0.1) is 5.92 Å². The minimum absolute atomic E-state index is 0.309. The van der Waals surface area contributed by atoms with Gasteiger partial charge in [0.1, 0.15) is 5.82 Å². The van der Waals surface area contributed by atoms with Crippen molar-refractivity contribution >= 4 is 11.8 Å². The van der Waals surface area contributed by atoms with Crippen LogP contribution in [-0.2, 0) is 0 Å². The number of anilines is 2. The maximum absolute atomic E-state index is 5.88. The Labute approximate surface area is 125 Å². The van der Waals surface area contributed by atoms with Gasteiger partial charge in [-0.15, -0.1) is 0 Å². The number of rotatable bonds is 4. The number of hydrazine groups is 1. The van der Waals surface area contributed by atoms with Crippen LogP contribution in [0.15, 0.2) is 6.07 Å². The predicted molar refractivity (Wildman–Crippen MR) is 83.8 cm³/mol. The highest BCUT2D eigenvalue weighted by molar-refractivity contribution is 5.44. The lowest BCUT2D eigenvalue weighted by atomic mass is 9.78. The van der Waals surface area contributed by atoms with Gasteiger partial charge in [-0.2, -0.15) is 4.98 Å². The first kappa shape index (κ1) is 14.5. The van der Waals surface area contributed by atoms with Gasteiger partial charge in [-0.05, 0) is 19.8 Å². The molecule has 0 spiro atoms.